The molecule has 0 spiro atoms. The van der Waals surface area contributed by atoms with Gasteiger partial charge in [0.2, 0.25) is 5.88 Å². The average molecular weight is 521 g/mol. The third-order valence-corrected chi connectivity index (χ3v) is 6.01. The maximum absolute atomic E-state index is 12.6. The second-order valence-corrected chi connectivity index (χ2v) is 8.19. The molecule has 1 heterocycles. The summed E-state index contributed by atoms with van der Waals surface area (Å²) in [6.07, 6.45) is 0. The lowest BCUT2D eigenvalue weighted by Crippen LogP contribution is -2.21. The van der Waals surface area contributed by atoms with Crippen LogP contribution in [0.5, 0.6) is 23.0 Å². The molecule has 0 aromatic heterocycles. The molecule has 8 heteroatoms. The Hall–Kier alpha value is -3.96. The zero-order chi connectivity index (χ0) is 24.2. The summed E-state index contributed by atoms with van der Waals surface area (Å²) in [4.78, 5) is 12.6. The summed E-state index contributed by atoms with van der Waals surface area (Å²) in [6.45, 7) is 2.38. The van der Waals surface area contributed by atoms with E-state index in [-0.39, 0.29) is 17.2 Å². The van der Waals surface area contributed by atoms with Crippen LogP contribution in [-0.2, 0) is 0 Å². The standard InChI is InChI=1S/C26H21BrN2O5/c1-3-32-21-11-8-15(12-23(21)31-2)24-18-10-9-16(13-22(18)34-25(29)19(24)14-28)33-26(30)17-6-4-5-7-20(17)27/h4-13,24H,3,29H2,1-2H3. The Morgan fingerprint density at radius 2 is 1.94 bits per heavy atom. The minimum atomic E-state index is -0.516. The molecule has 0 bridgehead atoms. The van der Waals surface area contributed by atoms with E-state index in [2.05, 4.69) is 22.0 Å². The van der Waals surface area contributed by atoms with Crippen LogP contribution in [0.15, 0.2) is 76.6 Å². The number of rotatable bonds is 6. The van der Waals surface area contributed by atoms with Gasteiger partial charge in [0.15, 0.2) is 11.5 Å². The molecular formula is C26H21BrN2O5. The van der Waals surface area contributed by atoms with E-state index in [4.69, 9.17) is 24.7 Å². The fraction of sp³-hybridized carbons (Fsp3) is 0.154. The molecule has 172 valence electrons. The van der Waals surface area contributed by atoms with Gasteiger partial charge >= 0.3 is 5.97 Å². The van der Waals surface area contributed by atoms with Gasteiger partial charge in [0.05, 0.1) is 25.2 Å². The maximum atomic E-state index is 12.6. The van der Waals surface area contributed by atoms with Gasteiger partial charge in [0.25, 0.3) is 0 Å². The quantitative estimate of drug-likeness (QED) is 0.347. The highest BCUT2D eigenvalue weighted by atomic mass is 79.9. The first-order chi connectivity index (χ1) is 16.5. The zero-order valence-electron chi connectivity index (χ0n) is 18.5. The number of carbonyl (C=O) groups is 1. The predicted molar refractivity (Wildman–Crippen MR) is 129 cm³/mol. The Kier molecular flexibility index (Phi) is 6.75. The highest BCUT2D eigenvalue weighted by Crippen LogP contribution is 2.45. The van der Waals surface area contributed by atoms with Gasteiger partial charge in [-0.25, -0.2) is 4.79 Å². The molecule has 34 heavy (non-hydrogen) atoms. The summed E-state index contributed by atoms with van der Waals surface area (Å²) in [5.41, 5.74) is 8.26. The van der Waals surface area contributed by atoms with E-state index >= 15 is 0 Å². The summed E-state index contributed by atoms with van der Waals surface area (Å²) in [5, 5.41) is 9.81. The van der Waals surface area contributed by atoms with Crippen molar-refractivity contribution in [2.75, 3.05) is 13.7 Å². The average Bonchev–Trinajstić information content (AvgIpc) is 2.83. The van der Waals surface area contributed by atoms with Crippen molar-refractivity contribution in [3.63, 3.8) is 0 Å². The van der Waals surface area contributed by atoms with Crippen LogP contribution in [0.25, 0.3) is 0 Å². The third kappa shape index (κ3) is 4.43. The smallest absolute Gasteiger partial charge is 0.344 e. The summed E-state index contributed by atoms with van der Waals surface area (Å²) in [7, 11) is 1.56. The predicted octanol–water partition coefficient (Wildman–Crippen LogP) is 5.29. The van der Waals surface area contributed by atoms with Gasteiger partial charge in [-0.05, 0) is 58.7 Å². The number of fused-ring (bicyclic) bond motifs is 1. The second-order valence-electron chi connectivity index (χ2n) is 7.34. The lowest BCUT2D eigenvalue weighted by Gasteiger charge is -2.27. The molecule has 7 nitrogen and oxygen atoms in total. The molecule has 0 radical (unpaired) electrons. The van der Waals surface area contributed by atoms with Gasteiger partial charge in [-0.3, -0.25) is 0 Å². The summed E-state index contributed by atoms with van der Waals surface area (Å²) in [5.74, 6) is 0.807. The van der Waals surface area contributed by atoms with Crippen molar-refractivity contribution in [1.29, 1.82) is 5.26 Å². The number of methoxy groups -OCH3 is 1. The highest BCUT2D eigenvalue weighted by molar-refractivity contribution is 9.10. The SMILES string of the molecule is CCOc1ccc(C2C(C#N)=C(N)Oc3cc(OC(=O)c4ccccc4Br)ccc32)cc1OC. The number of hydrogen-bond donors (Lipinski definition) is 1. The Balaban J connectivity index is 1.72. The Bertz CT molecular complexity index is 1330. The van der Waals surface area contributed by atoms with Gasteiger partial charge < -0.3 is 24.7 Å². The monoisotopic (exact) mass is 520 g/mol. The highest BCUT2D eigenvalue weighted by Gasteiger charge is 2.32. The number of nitriles is 1. The summed E-state index contributed by atoms with van der Waals surface area (Å²) < 4.78 is 23.0. The van der Waals surface area contributed by atoms with Crippen LogP contribution in [0.4, 0.5) is 0 Å². The topological polar surface area (TPSA) is 104 Å². The van der Waals surface area contributed by atoms with Crippen molar-refractivity contribution in [2.45, 2.75) is 12.8 Å². The number of hydrogen-bond acceptors (Lipinski definition) is 7. The Labute approximate surface area is 205 Å². The van der Waals surface area contributed by atoms with E-state index < -0.39 is 11.9 Å². The minimum Gasteiger partial charge on any atom is -0.493 e. The molecule has 3 aromatic carbocycles. The molecule has 1 unspecified atom stereocenters. The summed E-state index contributed by atoms with van der Waals surface area (Å²) >= 11 is 3.35. The van der Waals surface area contributed by atoms with Crippen LogP contribution in [0.3, 0.4) is 0 Å². The molecule has 0 fully saturated rings. The molecule has 0 aliphatic carbocycles. The number of ether oxygens (including phenoxy) is 4. The van der Waals surface area contributed by atoms with Crippen LogP contribution < -0.4 is 24.7 Å². The fourth-order valence-corrected chi connectivity index (χ4v) is 4.22. The number of allylic oxidation sites excluding steroid dienone is 1. The third-order valence-electron chi connectivity index (χ3n) is 5.32. The molecular weight excluding hydrogens is 500 g/mol. The second kappa shape index (κ2) is 9.89. The Morgan fingerprint density at radius 3 is 2.65 bits per heavy atom. The molecule has 3 aromatic rings. The van der Waals surface area contributed by atoms with Crippen molar-refractivity contribution in [3.8, 4) is 29.1 Å². The molecule has 2 N–H and O–H groups in total. The van der Waals surface area contributed by atoms with Crippen molar-refractivity contribution < 1.29 is 23.7 Å². The van der Waals surface area contributed by atoms with E-state index in [9.17, 15) is 10.1 Å². The van der Waals surface area contributed by atoms with Crippen molar-refractivity contribution in [2.24, 2.45) is 5.73 Å². The van der Waals surface area contributed by atoms with Gasteiger partial charge in [-0.1, -0.05) is 24.3 Å². The van der Waals surface area contributed by atoms with Crippen molar-refractivity contribution in [1.82, 2.24) is 0 Å². The first-order valence-electron chi connectivity index (χ1n) is 10.5. The normalized spacial score (nSPS) is 14.5. The number of carbonyl (C=O) groups excluding carboxylic acids is 1. The lowest BCUT2D eigenvalue weighted by molar-refractivity contribution is 0.0733. The van der Waals surface area contributed by atoms with E-state index in [1.165, 1.54) is 0 Å². The zero-order valence-corrected chi connectivity index (χ0v) is 20.1. The van der Waals surface area contributed by atoms with E-state index in [1.807, 2.05) is 25.1 Å². The number of nitrogens with two attached hydrogens (primary N) is 1. The van der Waals surface area contributed by atoms with Crippen molar-refractivity contribution >= 4 is 21.9 Å². The lowest BCUT2D eigenvalue weighted by atomic mass is 9.83. The van der Waals surface area contributed by atoms with Crippen LogP contribution in [0.2, 0.25) is 0 Å². The van der Waals surface area contributed by atoms with E-state index in [0.29, 0.717) is 39.5 Å². The molecule has 0 amide bonds. The van der Waals surface area contributed by atoms with E-state index in [1.54, 1.807) is 49.6 Å². The molecule has 0 saturated heterocycles. The van der Waals surface area contributed by atoms with Crippen LogP contribution in [0, 0.1) is 11.3 Å². The summed E-state index contributed by atoms with van der Waals surface area (Å²) in [6, 6.07) is 19.6. The maximum Gasteiger partial charge on any atom is 0.344 e. The van der Waals surface area contributed by atoms with Gasteiger partial charge in [-0.15, -0.1) is 0 Å². The molecule has 1 aliphatic heterocycles. The number of esters is 1. The Morgan fingerprint density at radius 1 is 1.15 bits per heavy atom. The van der Waals surface area contributed by atoms with Crippen LogP contribution >= 0.6 is 15.9 Å². The largest absolute Gasteiger partial charge is 0.493 e. The molecule has 4 rings (SSSR count). The fourth-order valence-electron chi connectivity index (χ4n) is 3.77. The first kappa shape index (κ1) is 23.2. The number of benzene rings is 3. The van der Waals surface area contributed by atoms with Gasteiger partial charge in [0, 0.05) is 16.1 Å². The number of nitrogens with zero attached hydrogens (tertiary/aromatic N) is 1. The molecule has 1 aliphatic rings. The molecule has 0 saturated carbocycles. The van der Waals surface area contributed by atoms with E-state index in [0.717, 1.165) is 5.56 Å². The van der Waals surface area contributed by atoms with Crippen LogP contribution in [-0.4, -0.2) is 19.7 Å². The van der Waals surface area contributed by atoms with Crippen molar-refractivity contribution in [3.05, 3.63) is 93.3 Å². The van der Waals surface area contributed by atoms with Gasteiger partial charge in [0.1, 0.15) is 23.1 Å². The first-order valence-corrected chi connectivity index (χ1v) is 11.2. The molecule has 1 atom stereocenters. The number of halogens is 1. The van der Waals surface area contributed by atoms with Gasteiger partial charge in [-0.2, -0.15) is 5.26 Å². The minimum absolute atomic E-state index is 0.0119. The van der Waals surface area contributed by atoms with Crippen LogP contribution in [0.1, 0.15) is 34.3 Å².